The minimum atomic E-state index is -4.35. The van der Waals surface area contributed by atoms with Crippen molar-refractivity contribution in [2.75, 3.05) is 6.54 Å². The van der Waals surface area contributed by atoms with Crippen LogP contribution in [-0.2, 0) is 0 Å². The van der Waals surface area contributed by atoms with Crippen LogP contribution in [0.25, 0.3) is 10.9 Å². The number of pyridine rings is 1. The van der Waals surface area contributed by atoms with Crippen LogP contribution in [0.1, 0.15) is 18.5 Å². The van der Waals surface area contributed by atoms with Gasteiger partial charge in [-0.3, -0.25) is 4.98 Å². The van der Waals surface area contributed by atoms with Gasteiger partial charge in [-0.05, 0) is 18.7 Å². The van der Waals surface area contributed by atoms with Gasteiger partial charge in [0.05, 0.1) is 5.52 Å². The lowest BCUT2D eigenvalue weighted by Gasteiger charge is -2.22. The fraction of sp³-hybridized carbons (Fsp3) is 0.308. The predicted molar refractivity (Wildman–Crippen MR) is 71.9 cm³/mol. The molecule has 2 nitrogen and oxygen atoms in total. The van der Waals surface area contributed by atoms with Crippen molar-refractivity contribution in [3.05, 3.63) is 40.5 Å². The third-order valence-corrected chi connectivity index (χ3v) is 3.49. The first-order valence-corrected chi connectivity index (χ1v) is 6.57. The summed E-state index contributed by atoms with van der Waals surface area (Å²) in [7, 11) is 0. The van der Waals surface area contributed by atoms with Crippen molar-refractivity contribution >= 4 is 26.8 Å². The Bertz CT molecular complexity index is 584. The number of nitrogens with one attached hydrogen (secondary N) is 1. The molecule has 1 heterocycles. The molecule has 1 aromatic heterocycles. The van der Waals surface area contributed by atoms with Gasteiger partial charge in [-0.2, -0.15) is 13.2 Å². The van der Waals surface area contributed by atoms with Crippen molar-refractivity contribution in [3.8, 4) is 0 Å². The number of benzene rings is 1. The first kappa shape index (κ1) is 14.3. The van der Waals surface area contributed by atoms with E-state index in [1.165, 1.54) is 12.3 Å². The normalized spacial score (nSPS) is 13.7. The van der Waals surface area contributed by atoms with Gasteiger partial charge in [-0.1, -0.05) is 35.0 Å². The number of rotatable bonds is 3. The number of halogens is 4. The van der Waals surface area contributed by atoms with E-state index in [4.69, 9.17) is 0 Å². The molecule has 0 bridgehead atoms. The fourth-order valence-electron chi connectivity index (χ4n) is 2.00. The quantitative estimate of drug-likeness (QED) is 0.910. The number of fused-ring (bicyclic) bond motifs is 1. The lowest BCUT2D eigenvalue weighted by molar-refractivity contribution is -0.157. The molecular weight excluding hydrogens is 321 g/mol. The standard InChI is InChI=1S/C13H12BrF3N2/c1-2-18-12(13(15,16)17)9-5-6-10(14)8-4-3-7-19-11(8)9/h3-7,12,18H,2H2,1H3. The Kier molecular flexibility index (Phi) is 4.10. The second-order valence-corrected chi connectivity index (χ2v) is 4.92. The molecule has 0 amide bonds. The molecule has 0 saturated heterocycles. The number of hydrogen-bond acceptors (Lipinski definition) is 2. The van der Waals surface area contributed by atoms with E-state index in [9.17, 15) is 13.2 Å². The first-order chi connectivity index (χ1) is 8.95. The van der Waals surface area contributed by atoms with E-state index in [1.807, 2.05) is 0 Å². The monoisotopic (exact) mass is 332 g/mol. The van der Waals surface area contributed by atoms with E-state index < -0.39 is 12.2 Å². The number of nitrogens with zero attached hydrogens (tertiary/aromatic N) is 1. The van der Waals surface area contributed by atoms with Gasteiger partial charge < -0.3 is 5.32 Å². The fourth-order valence-corrected chi connectivity index (χ4v) is 2.45. The molecule has 1 N–H and O–H groups in total. The number of alkyl halides is 3. The van der Waals surface area contributed by atoms with Crippen molar-refractivity contribution in [2.45, 2.75) is 19.1 Å². The minimum Gasteiger partial charge on any atom is -0.303 e. The molecule has 2 rings (SSSR count). The van der Waals surface area contributed by atoms with Crippen molar-refractivity contribution in [1.29, 1.82) is 0 Å². The Morgan fingerprint density at radius 2 is 2.05 bits per heavy atom. The highest BCUT2D eigenvalue weighted by molar-refractivity contribution is 9.10. The Labute approximate surface area is 117 Å². The summed E-state index contributed by atoms with van der Waals surface area (Å²) in [4.78, 5) is 4.09. The molecule has 1 atom stereocenters. The smallest absolute Gasteiger partial charge is 0.303 e. The third kappa shape index (κ3) is 2.90. The highest BCUT2D eigenvalue weighted by Gasteiger charge is 2.41. The lowest BCUT2D eigenvalue weighted by atomic mass is 10.0. The zero-order valence-electron chi connectivity index (χ0n) is 10.1. The van der Waals surface area contributed by atoms with Crippen LogP contribution in [0.2, 0.25) is 0 Å². The van der Waals surface area contributed by atoms with E-state index >= 15 is 0 Å². The molecule has 0 saturated carbocycles. The molecule has 0 radical (unpaired) electrons. The van der Waals surface area contributed by atoms with E-state index in [2.05, 4.69) is 26.2 Å². The highest BCUT2D eigenvalue weighted by atomic mass is 79.9. The average molecular weight is 333 g/mol. The average Bonchev–Trinajstić information content (AvgIpc) is 2.36. The highest BCUT2D eigenvalue weighted by Crippen LogP contribution is 2.37. The molecule has 19 heavy (non-hydrogen) atoms. The number of aromatic nitrogens is 1. The zero-order valence-corrected chi connectivity index (χ0v) is 11.7. The summed E-state index contributed by atoms with van der Waals surface area (Å²) in [5.74, 6) is 0. The van der Waals surface area contributed by atoms with Gasteiger partial charge in [0.15, 0.2) is 0 Å². The van der Waals surface area contributed by atoms with Crippen LogP contribution in [-0.4, -0.2) is 17.7 Å². The maximum absolute atomic E-state index is 13.1. The summed E-state index contributed by atoms with van der Waals surface area (Å²) in [6.45, 7) is 1.88. The van der Waals surface area contributed by atoms with Gasteiger partial charge in [0, 0.05) is 21.6 Å². The molecule has 0 fully saturated rings. The Morgan fingerprint density at radius 1 is 1.32 bits per heavy atom. The van der Waals surface area contributed by atoms with E-state index in [1.54, 1.807) is 25.1 Å². The maximum atomic E-state index is 13.1. The summed E-state index contributed by atoms with van der Waals surface area (Å²) >= 11 is 3.33. The SMILES string of the molecule is CCNC(c1ccc(Br)c2cccnc12)C(F)(F)F. The zero-order chi connectivity index (χ0) is 14.0. The van der Waals surface area contributed by atoms with Gasteiger partial charge in [0.1, 0.15) is 6.04 Å². The van der Waals surface area contributed by atoms with Crippen LogP contribution in [0.15, 0.2) is 34.9 Å². The molecule has 2 aromatic rings. The van der Waals surface area contributed by atoms with E-state index in [0.29, 0.717) is 10.9 Å². The van der Waals surface area contributed by atoms with Crippen molar-refractivity contribution in [2.24, 2.45) is 0 Å². The number of hydrogen-bond donors (Lipinski definition) is 1. The lowest BCUT2D eigenvalue weighted by Crippen LogP contribution is -2.34. The van der Waals surface area contributed by atoms with E-state index in [0.717, 1.165) is 4.47 Å². The van der Waals surface area contributed by atoms with Crippen LogP contribution in [0.3, 0.4) is 0 Å². The summed E-state index contributed by atoms with van der Waals surface area (Å²) in [5, 5.41) is 3.14. The second kappa shape index (κ2) is 5.46. The van der Waals surface area contributed by atoms with Crippen molar-refractivity contribution < 1.29 is 13.2 Å². The van der Waals surface area contributed by atoms with Crippen LogP contribution in [0.5, 0.6) is 0 Å². The van der Waals surface area contributed by atoms with Gasteiger partial charge in [0.25, 0.3) is 0 Å². The van der Waals surface area contributed by atoms with Gasteiger partial charge in [0.2, 0.25) is 0 Å². The molecule has 0 aliphatic rings. The Morgan fingerprint density at radius 3 is 2.68 bits per heavy atom. The molecule has 0 aliphatic heterocycles. The van der Waals surface area contributed by atoms with Gasteiger partial charge in [-0.25, -0.2) is 0 Å². The Balaban J connectivity index is 2.64. The molecule has 0 spiro atoms. The van der Waals surface area contributed by atoms with Crippen molar-refractivity contribution in [1.82, 2.24) is 10.3 Å². The molecule has 1 unspecified atom stereocenters. The Hall–Kier alpha value is -1.14. The molecule has 6 heteroatoms. The summed E-state index contributed by atoms with van der Waals surface area (Å²) in [5.41, 5.74) is 0.508. The largest absolute Gasteiger partial charge is 0.407 e. The summed E-state index contributed by atoms with van der Waals surface area (Å²) in [6.07, 6.45) is -2.86. The van der Waals surface area contributed by atoms with Gasteiger partial charge >= 0.3 is 6.18 Å². The molecular formula is C13H12BrF3N2. The second-order valence-electron chi connectivity index (χ2n) is 4.07. The summed E-state index contributed by atoms with van der Waals surface area (Å²) in [6, 6.07) is 4.82. The molecule has 0 aliphatic carbocycles. The van der Waals surface area contributed by atoms with Crippen molar-refractivity contribution in [3.63, 3.8) is 0 Å². The topological polar surface area (TPSA) is 24.9 Å². The third-order valence-electron chi connectivity index (χ3n) is 2.79. The maximum Gasteiger partial charge on any atom is 0.407 e. The first-order valence-electron chi connectivity index (χ1n) is 5.78. The van der Waals surface area contributed by atoms with Crippen LogP contribution in [0.4, 0.5) is 13.2 Å². The van der Waals surface area contributed by atoms with Gasteiger partial charge in [-0.15, -0.1) is 0 Å². The minimum absolute atomic E-state index is 0.146. The van der Waals surface area contributed by atoms with Crippen LogP contribution in [0, 0.1) is 0 Å². The van der Waals surface area contributed by atoms with Crippen LogP contribution < -0.4 is 5.32 Å². The summed E-state index contributed by atoms with van der Waals surface area (Å²) < 4.78 is 40.1. The van der Waals surface area contributed by atoms with E-state index in [-0.39, 0.29) is 12.1 Å². The predicted octanol–water partition coefficient (Wildman–Crippen LogP) is 4.21. The van der Waals surface area contributed by atoms with Crippen LogP contribution >= 0.6 is 15.9 Å². The molecule has 1 aromatic carbocycles. The molecule has 102 valence electrons.